The van der Waals surface area contributed by atoms with Crippen molar-refractivity contribution in [1.29, 1.82) is 0 Å². The fourth-order valence-electron chi connectivity index (χ4n) is 2.18. The number of halogens is 1. The summed E-state index contributed by atoms with van der Waals surface area (Å²) in [5.74, 6) is 0. The molecule has 0 saturated carbocycles. The first kappa shape index (κ1) is 16.1. The molecule has 1 atom stereocenters. The molecule has 0 radical (unpaired) electrons. The summed E-state index contributed by atoms with van der Waals surface area (Å²) in [6, 6.07) is 0. The molecule has 0 aliphatic carbocycles. The smallest absolute Gasteiger partial charge is 0.0589 e. The molecular weight excluding hydrogens is 228 g/mol. The maximum absolute atomic E-state index is 9.00. The van der Waals surface area contributed by atoms with Crippen LogP contribution in [0, 0.1) is 5.41 Å². The van der Waals surface area contributed by atoms with Crippen molar-refractivity contribution in [3.63, 3.8) is 0 Å². The van der Waals surface area contributed by atoms with Crippen molar-refractivity contribution in [1.82, 2.24) is 10.2 Å². The second-order valence-corrected chi connectivity index (χ2v) is 4.73. The van der Waals surface area contributed by atoms with Gasteiger partial charge in [0.25, 0.3) is 0 Å². The van der Waals surface area contributed by atoms with Crippen LogP contribution in [0.2, 0.25) is 0 Å². The van der Waals surface area contributed by atoms with E-state index in [2.05, 4.69) is 17.1 Å². The Morgan fingerprint density at radius 2 is 2.19 bits per heavy atom. The Balaban J connectivity index is 0.00000225. The van der Waals surface area contributed by atoms with Gasteiger partial charge in [0.15, 0.2) is 0 Å². The van der Waals surface area contributed by atoms with Gasteiger partial charge in [0, 0.05) is 33.3 Å². The molecule has 2 N–H and O–H groups in total. The van der Waals surface area contributed by atoms with Crippen LogP contribution in [0.5, 0.6) is 0 Å². The molecule has 0 spiro atoms. The second kappa shape index (κ2) is 8.25. The molecule has 98 valence electrons. The number of aliphatic hydroxyl groups excluding tert-OH is 1. The molecule has 1 aliphatic rings. The summed E-state index contributed by atoms with van der Waals surface area (Å²) in [6.07, 6.45) is 1.22. The van der Waals surface area contributed by atoms with E-state index in [-0.39, 0.29) is 19.0 Å². The van der Waals surface area contributed by atoms with Crippen molar-refractivity contribution in [3.05, 3.63) is 0 Å². The van der Waals surface area contributed by atoms with Gasteiger partial charge in [-0.05, 0) is 18.4 Å². The Labute approximate surface area is 105 Å². The summed E-state index contributed by atoms with van der Waals surface area (Å²) in [5.41, 5.74) is 0.364. The number of aliphatic hydroxyl groups is 1. The van der Waals surface area contributed by atoms with Crippen LogP contribution in [0.25, 0.3) is 0 Å². The zero-order chi connectivity index (χ0) is 11.1. The Bertz CT molecular complexity index is 175. The topological polar surface area (TPSA) is 44.7 Å². The fourth-order valence-corrected chi connectivity index (χ4v) is 2.18. The molecule has 0 aromatic rings. The molecule has 1 heterocycles. The number of rotatable bonds is 7. The zero-order valence-electron chi connectivity index (χ0n) is 10.4. The number of nitrogens with one attached hydrogen (secondary N) is 1. The lowest BCUT2D eigenvalue weighted by Gasteiger charge is -2.31. The highest BCUT2D eigenvalue weighted by atomic mass is 35.5. The lowest BCUT2D eigenvalue weighted by Crippen LogP contribution is -2.40. The summed E-state index contributed by atoms with van der Waals surface area (Å²) in [4.78, 5) is 2.29. The van der Waals surface area contributed by atoms with E-state index in [9.17, 15) is 0 Å². The summed E-state index contributed by atoms with van der Waals surface area (Å²) >= 11 is 0. The number of nitrogens with zero attached hydrogens (tertiary/aromatic N) is 1. The normalized spacial score (nSPS) is 24.8. The van der Waals surface area contributed by atoms with E-state index in [1.165, 1.54) is 6.42 Å². The molecule has 1 unspecified atom stereocenters. The largest absolute Gasteiger partial charge is 0.395 e. The van der Waals surface area contributed by atoms with Crippen LogP contribution in [-0.2, 0) is 4.74 Å². The zero-order valence-corrected chi connectivity index (χ0v) is 11.2. The van der Waals surface area contributed by atoms with Crippen molar-refractivity contribution in [2.24, 2.45) is 5.41 Å². The molecule has 16 heavy (non-hydrogen) atoms. The van der Waals surface area contributed by atoms with E-state index in [0.717, 1.165) is 39.3 Å². The minimum Gasteiger partial charge on any atom is -0.395 e. The highest BCUT2D eigenvalue weighted by Gasteiger charge is 2.30. The molecule has 1 aliphatic heterocycles. The number of methoxy groups -OCH3 is 1. The van der Waals surface area contributed by atoms with Crippen LogP contribution in [0.15, 0.2) is 0 Å². The van der Waals surface area contributed by atoms with E-state index in [1.54, 1.807) is 7.11 Å². The van der Waals surface area contributed by atoms with Crippen molar-refractivity contribution >= 4 is 12.4 Å². The minimum absolute atomic E-state index is 0. The Morgan fingerprint density at radius 3 is 2.69 bits per heavy atom. The molecular formula is C11H25ClN2O2. The lowest BCUT2D eigenvalue weighted by molar-refractivity contribution is 0.102. The third kappa shape index (κ3) is 5.46. The highest BCUT2D eigenvalue weighted by Crippen LogP contribution is 2.25. The number of ether oxygens (including phenoxy) is 1. The van der Waals surface area contributed by atoms with E-state index >= 15 is 0 Å². The maximum Gasteiger partial charge on any atom is 0.0589 e. The summed E-state index contributed by atoms with van der Waals surface area (Å²) in [7, 11) is 1.72. The highest BCUT2D eigenvalue weighted by molar-refractivity contribution is 5.85. The van der Waals surface area contributed by atoms with E-state index in [4.69, 9.17) is 9.84 Å². The van der Waals surface area contributed by atoms with Gasteiger partial charge in [-0.25, -0.2) is 0 Å². The number of hydrogen-bond donors (Lipinski definition) is 2. The van der Waals surface area contributed by atoms with Gasteiger partial charge >= 0.3 is 0 Å². The van der Waals surface area contributed by atoms with E-state index in [1.807, 2.05) is 0 Å². The molecule has 1 rings (SSSR count). The third-order valence-electron chi connectivity index (χ3n) is 3.09. The van der Waals surface area contributed by atoms with Gasteiger partial charge < -0.3 is 15.2 Å². The van der Waals surface area contributed by atoms with Crippen LogP contribution >= 0.6 is 12.4 Å². The van der Waals surface area contributed by atoms with Gasteiger partial charge in [-0.2, -0.15) is 0 Å². The fraction of sp³-hybridized carbons (Fsp3) is 1.00. The van der Waals surface area contributed by atoms with Crippen molar-refractivity contribution in [3.8, 4) is 0 Å². The molecule has 0 aromatic carbocycles. The molecule has 5 heteroatoms. The quantitative estimate of drug-likeness (QED) is 0.686. The summed E-state index contributed by atoms with van der Waals surface area (Å²) in [6.45, 7) is 8.19. The van der Waals surface area contributed by atoms with Crippen LogP contribution in [0.1, 0.15) is 13.3 Å². The van der Waals surface area contributed by atoms with Crippen LogP contribution in [0.4, 0.5) is 0 Å². The van der Waals surface area contributed by atoms with Crippen LogP contribution < -0.4 is 5.32 Å². The first-order chi connectivity index (χ1) is 7.20. The van der Waals surface area contributed by atoms with Gasteiger partial charge in [0.05, 0.1) is 13.2 Å². The van der Waals surface area contributed by atoms with E-state index < -0.39 is 0 Å². The third-order valence-corrected chi connectivity index (χ3v) is 3.09. The monoisotopic (exact) mass is 252 g/mol. The average molecular weight is 253 g/mol. The average Bonchev–Trinajstić information content (AvgIpc) is 2.62. The van der Waals surface area contributed by atoms with Gasteiger partial charge in [0.1, 0.15) is 0 Å². The molecule has 4 nitrogen and oxygen atoms in total. The standard InChI is InChI=1S/C11H24N2O2.ClH/c1-11(3-4-12-9-11)10-13(5-7-14)6-8-15-2;/h12,14H,3-10H2,1-2H3;1H. The van der Waals surface area contributed by atoms with E-state index in [0.29, 0.717) is 5.41 Å². The molecule has 0 aromatic heterocycles. The van der Waals surface area contributed by atoms with Gasteiger partial charge in [-0.3, -0.25) is 4.90 Å². The second-order valence-electron chi connectivity index (χ2n) is 4.73. The molecule has 1 saturated heterocycles. The SMILES string of the molecule is COCCN(CCO)CC1(C)CCNC1.Cl. The Hall–Kier alpha value is 0.130. The van der Waals surface area contributed by atoms with Crippen molar-refractivity contribution < 1.29 is 9.84 Å². The molecule has 0 bridgehead atoms. The van der Waals surface area contributed by atoms with Gasteiger partial charge in [-0.15, -0.1) is 12.4 Å². The van der Waals surface area contributed by atoms with Crippen molar-refractivity contribution in [2.45, 2.75) is 13.3 Å². The molecule has 0 amide bonds. The predicted molar refractivity (Wildman–Crippen MR) is 68.2 cm³/mol. The first-order valence-electron chi connectivity index (χ1n) is 5.73. The first-order valence-corrected chi connectivity index (χ1v) is 5.73. The van der Waals surface area contributed by atoms with Crippen LogP contribution in [0.3, 0.4) is 0 Å². The Kier molecular flexibility index (Phi) is 8.32. The lowest BCUT2D eigenvalue weighted by atomic mass is 9.89. The van der Waals surface area contributed by atoms with Crippen molar-refractivity contribution in [2.75, 3.05) is 53.0 Å². The molecule has 1 fully saturated rings. The van der Waals surface area contributed by atoms with Crippen LogP contribution in [-0.4, -0.2) is 63.1 Å². The number of hydrogen-bond acceptors (Lipinski definition) is 4. The minimum atomic E-state index is 0. The summed E-state index contributed by atoms with van der Waals surface area (Å²) in [5, 5.41) is 12.4. The van der Waals surface area contributed by atoms with Gasteiger partial charge in [0.2, 0.25) is 0 Å². The van der Waals surface area contributed by atoms with Gasteiger partial charge in [-0.1, -0.05) is 6.92 Å². The Morgan fingerprint density at radius 1 is 1.44 bits per heavy atom. The summed E-state index contributed by atoms with van der Waals surface area (Å²) < 4.78 is 5.08. The predicted octanol–water partition coefficient (Wildman–Crippen LogP) is 0.349. The maximum atomic E-state index is 9.00.